The van der Waals surface area contributed by atoms with Crippen LogP contribution in [0.5, 0.6) is 11.5 Å². The van der Waals surface area contributed by atoms with Crippen LogP contribution >= 0.6 is 0 Å². The predicted molar refractivity (Wildman–Crippen MR) is 192 cm³/mol. The molecule has 16 heteroatoms. The number of phenolic OH excluding ortho intramolecular Hbond substituents is 2. The fourth-order valence-electron chi connectivity index (χ4n) is 4.49. The molecule has 0 saturated heterocycles. The van der Waals surface area contributed by atoms with Crippen molar-refractivity contribution in [1.82, 2.24) is 10.6 Å². The molecule has 16 nitrogen and oxygen atoms in total. The molecule has 294 valence electrons. The molecule has 2 amide bonds. The fraction of sp³-hybridized carbons (Fsp3) is 0.541. The Morgan fingerprint density at radius 2 is 1.02 bits per heavy atom. The highest BCUT2D eigenvalue weighted by Crippen LogP contribution is 2.19. The lowest BCUT2D eigenvalue weighted by Gasteiger charge is -2.09. The number of phenols is 2. The van der Waals surface area contributed by atoms with Gasteiger partial charge in [0.15, 0.2) is 0 Å². The van der Waals surface area contributed by atoms with Crippen molar-refractivity contribution < 1.29 is 62.1 Å². The average molecular weight is 749 g/mol. The molecule has 0 atom stereocenters. The first-order valence-electron chi connectivity index (χ1n) is 17.6. The summed E-state index contributed by atoms with van der Waals surface area (Å²) in [6.07, 6.45) is 0.985. The number of rotatable bonds is 31. The highest BCUT2D eigenvalue weighted by Gasteiger charge is 2.13. The van der Waals surface area contributed by atoms with Gasteiger partial charge in [-0.2, -0.15) is 0 Å². The SMILES string of the molecule is O=C(CCOCCOCCOCCOCCOCCOCCOCCOCCNC(=O)c1cc2ccc(O)cc2oc1=O)NCCc1ccc(O)cc1. The topological polar surface area (TPSA) is 203 Å². The number of aromatic hydroxyl groups is 2. The fourth-order valence-corrected chi connectivity index (χ4v) is 4.49. The smallest absolute Gasteiger partial charge is 0.349 e. The summed E-state index contributed by atoms with van der Waals surface area (Å²) in [6, 6.07) is 12.6. The van der Waals surface area contributed by atoms with Gasteiger partial charge in [0, 0.05) is 31.0 Å². The van der Waals surface area contributed by atoms with Gasteiger partial charge in [-0.3, -0.25) is 9.59 Å². The molecular weight excluding hydrogens is 696 g/mol. The molecule has 0 bridgehead atoms. The van der Waals surface area contributed by atoms with Gasteiger partial charge in [0.2, 0.25) is 5.91 Å². The lowest BCUT2D eigenvalue weighted by atomic mass is 10.1. The third-order valence-electron chi connectivity index (χ3n) is 7.25. The van der Waals surface area contributed by atoms with Crippen LogP contribution in [0.4, 0.5) is 0 Å². The van der Waals surface area contributed by atoms with Crippen LogP contribution < -0.4 is 16.3 Å². The third kappa shape index (κ3) is 20.1. The summed E-state index contributed by atoms with van der Waals surface area (Å²) in [5.74, 6) is -0.446. The monoisotopic (exact) mass is 748 g/mol. The molecule has 53 heavy (non-hydrogen) atoms. The van der Waals surface area contributed by atoms with E-state index in [1.54, 1.807) is 18.2 Å². The predicted octanol–water partition coefficient (Wildman–Crippen LogP) is 1.82. The summed E-state index contributed by atoms with van der Waals surface area (Å²) < 4.78 is 48.7. The summed E-state index contributed by atoms with van der Waals surface area (Å²) in [7, 11) is 0. The molecule has 1 heterocycles. The Bertz CT molecular complexity index is 1500. The molecule has 0 fully saturated rings. The molecule has 0 aliphatic rings. The van der Waals surface area contributed by atoms with Crippen LogP contribution in [0.15, 0.2) is 57.7 Å². The van der Waals surface area contributed by atoms with E-state index in [0.717, 1.165) is 5.56 Å². The number of ether oxygens (including phenoxy) is 8. The van der Waals surface area contributed by atoms with Crippen molar-refractivity contribution in [3.8, 4) is 11.5 Å². The Hall–Kier alpha value is -4.13. The van der Waals surface area contributed by atoms with E-state index in [9.17, 15) is 24.6 Å². The van der Waals surface area contributed by atoms with E-state index in [-0.39, 0.29) is 48.1 Å². The molecule has 0 aliphatic heterocycles. The minimum atomic E-state index is -0.785. The maximum absolute atomic E-state index is 12.3. The molecule has 0 spiro atoms. The summed E-state index contributed by atoms with van der Waals surface area (Å²) in [4.78, 5) is 36.3. The van der Waals surface area contributed by atoms with E-state index in [1.165, 1.54) is 18.2 Å². The van der Waals surface area contributed by atoms with Crippen molar-refractivity contribution in [2.75, 3.05) is 119 Å². The third-order valence-corrected chi connectivity index (χ3v) is 7.25. The van der Waals surface area contributed by atoms with Crippen LogP contribution in [0.25, 0.3) is 11.0 Å². The van der Waals surface area contributed by atoms with E-state index < -0.39 is 11.5 Å². The zero-order valence-corrected chi connectivity index (χ0v) is 30.1. The van der Waals surface area contributed by atoms with Crippen molar-refractivity contribution in [2.24, 2.45) is 0 Å². The molecule has 0 aliphatic carbocycles. The second kappa shape index (κ2) is 27.5. The maximum Gasteiger partial charge on any atom is 0.349 e. The number of hydrogen-bond donors (Lipinski definition) is 4. The molecule has 0 radical (unpaired) electrons. The van der Waals surface area contributed by atoms with Crippen molar-refractivity contribution >= 4 is 22.8 Å². The molecule has 0 saturated carbocycles. The Morgan fingerprint density at radius 3 is 1.55 bits per heavy atom. The number of hydrogen-bond acceptors (Lipinski definition) is 14. The van der Waals surface area contributed by atoms with E-state index in [4.69, 9.17) is 42.3 Å². The van der Waals surface area contributed by atoms with Crippen molar-refractivity contribution in [3.05, 3.63) is 70.1 Å². The Morgan fingerprint density at radius 1 is 0.547 bits per heavy atom. The first-order valence-corrected chi connectivity index (χ1v) is 17.6. The standard InChI is InChI=1S/C37H52N2O14/c40-31-4-1-29(2-5-31)7-9-38-35(42)8-11-45-13-15-47-17-19-49-21-23-51-25-26-52-24-22-50-20-18-48-16-14-46-12-10-39-36(43)33-27-30-3-6-32(41)28-34(30)53-37(33)44/h1-6,27-28,40-41H,7-26H2,(H,38,42)(H,39,43). The minimum Gasteiger partial charge on any atom is -0.508 e. The van der Waals surface area contributed by atoms with Gasteiger partial charge in [0.25, 0.3) is 5.91 Å². The van der Waals surface area contributed by atoms with Crippen LogP contribution in [0.2, 0.25) is 0 Å². The van der Waals surface area contributed by atoms with Crippen LogP contribution in [0.3, 0.4) is 0 Å². The number of amides is 2. The summed E-state index contributed by atoms with van der Waals surface area (Å²) in [6.45, 7) is 7.22. The van der Waals surface area contributed by atoms with Crippen molar-refractivity contribution in [2.45, 2.75) is 12.8 Å². The largest absolute Gasteiger partial charge is 0.508 e. The molecular formula is C37H52N2O14. The molecule has 2 aromatic carbocycles. The molecule has 3 aromatic rings. The maximum atomic E-state index is 12.3. The zero-order chi connectivity index (χ0) is 37.8. The number of benzene rings is 2. The Kier molecular flexibility index (Phi) is 22.4. The molecule has 0 unspecified atom stereocenters. The second-order valence-electron chi connectivity index (χ2n) is 11.3. The lowest BCUT2D eigenvalue weighted by Crippen LogP contribution is -2.31. The van der Waals surface area contributed by atoms with Crippen LogP contribution in [0.1, 0.15) is 22.3 Å². The number of nitrogens with one attached hydrogen (secondary N) is 2. The van der Waals surface area contributed by atoms with Crippen molar-refractivity contribution in [1.29, 1.82) is 0 Å². The summed E-state index contributed by atoms with van der Waals surface area (Å²) in [5.41, 5.74) is 0.336. The van der Waals surface area contributed by atoms with E-state index in [0.29, 0.717) is 117 Å². The highest BCUT2D eigenvalue weighted by atomic mass is 16.6. The normalized spacial score (nSPS) is 11.2. The van der Waals surface area contributed by atoms with Gasteiger partial charge in [-0.25, -0.2) is 4.79 Å². The van der Waals surface area contributed by atoms with Crippen LogP contribution in [-0.4, -0.2) is 141 Å². The highest BCUT2D eigenvalue weighted by molar-refractivity contribution is 5.96. The van der Waals surface area contributed by atoms with Gasteiger partial charge in [0.1, 0.15) is 22.6 Å². The average Bonchev–Trinajstić information content (AvgIpc) is 3.14. The van der Waals surface area contributed by atoms with Crippen LogP contribution in [-0.2, 0) is 49.1 Å². The first kappa shape index (κ1) is 43.3. The molecule has 1 aromatic heterocycles. The van der Waals surface area contributed by atoms with Gasteiger partial charge in [-0.05, 0) is 42.3 Å². The summed E-state index contributed by atoms with van der Waals surface area (Å²) >= 11 is 0. The quantitative estimate of drug-likeness (QED) is 0.0548. The van der Waals surface area contributed by atoms with Gasteiger partial charge >= 0.3 is 5.63 Å². The van der Waals surface area contributed by atoms with Gasteiger partial charge in [0.05, 0.1) is 106 Å². The Balaban J connectivity index is 0.965. The van der Waals surface area contributed by atoms with Gasteiger partial charge in [-0.1, -0.05) is 12.1 Å². The van der Waals surface area contributed by atoms with E-state index in [2.05, 4.69) is 10.6 Å². The second-order valence-corrected chi connectivity index (χ2v) is 11.3. The van der Waals surface area contributed by atoms with Crippen LogP contribution in [0, 0.1) is 0 Å². The van der Waals surface area contributed by atoms with Crippen molar-refractivity contribution in [3.63, 3.8) is 0 Å². The van der Waals surface area contributed by atoms with Gasteiger partial charge in [-0.15, -0.1) is 0 Å². The molecule has 4 N–H and O–H groups in total. The van der Waals surface area contributed by atoms with Gasteiger partial charge < -0.3 is 63.2 Å². The Labute approximate surface area is 308 Å². The minimum absolute atomic E-state index is 0.0354. The number of carbonyl (C=O) groups is 2. The number of carbonyl (C=O) groups excluding carboxylic acids is 2. The molecule has 3 rings (SSSR count). The van der Waals surface area contributed by atoms with E-state index in [1.807, 2.05) is 12.1 Å². The number of fused-ring (bicyclic) bond motifs is 1. The zero-order valence-electron chi connectivity index (χ0n) is 30.1. The lowest BCUT2D eigenvalue weighted by molar-refractivity contribution is -0.122. The van der Waals surface area contributed by atoms with E-state index >= 15 is 0 Å². The first-order chi connectivity index (χ1) is 25.9. The summed E-state index contributed by atoms with van der Waals surface area (Å²) in [5, 5.41) is 24.8.